The van der Waals surface area contributed by atoms with Crippen molar-refractivity contribution in [2.75, 3.05) is 0 Å². The van der Waals surface area contributed by atoms with Crippen molar-refractivity contribution < 1.29 is 0 Å². The largest absolute Gasteiger partial charge is 0.164 e. The van der Waals surface area contributed by atoms with Gasteiger partial charge in [-0.2, -0.15) is 15.0 Å². The zero-order valence-electron chi connectivity index (χ0n) is 15.1. The van der Waals surface area contributed by atoms with Crippen LogP contribution in [0.3, 0.4) is 0 Å². The summed E-state index contributed by atoms with van der Waals surface area (Å²) in [5, 5.41) is 9.20. The first-order valence-electron chi connectivity index (χ1n) is 8.90. The number of rotatable bonds is 3. The van der Waals surface area contributed by atoms with Crippen LogP contribution in [-0.2, 0) is 0 Å². The molecule has 1 aromatic heterocycles. The summed E-state index contributed by atoms with van der Waals surface area (Å²) in [5.41, 5.74) is 5.15. The van der Waals surface area contributed by atoms with Crippen molar-refractivity contribution in [3.63, 3.8) is 0 Å². The SMILES string of the molecule is Cc1ccc(C(C#Cc2ccccc2)n2ncc(-c3ccccc3)n2)cc1. The van der Waals surface area contributed by atoms with Gasteiger partial charge >= 0.3 is 0 Å². The molecule has 1 unspecified atom stereocenters. The van der Waals surface area contributed by atoms with Gasteiger partial charge in [0, 0.05) is 11.1 Å². The summed E-state index contributed by atoms with van der Waals surface area (Å²) in [6.07, 6.45) is 1.79. The average molecular weight is 349 g/mol. The third-order valence-corrected chi connectivity index (χ3v) is 4.33. The Balaban J connectivity index is 1.73. The van der Waals surface area contributed by atoms with Crippen molar-refractivity contribution in [3.8, 4) is 23.1 Å². The molecule has 0 fully saturated rings. The smallest absolute Gasteiger partial charge is 0.157 e. The molecule has 0 saturated heterocycles. The van der Waals surface area contributed by atoms with Gasteiger partial charge in [0.15, 0.2) is 6.04 Å². The van der Waals surface area contributed by atoms with Crippen LogP contribution in [0.1, 0.15) is 22.7 Å². The standard InChI is InChI=1S/C24H19N3/c1-19-12-15-22(16-13-19)24(17-14-20-8-4-2-5-9-20)27-25-18-23(26-27)21-10-6-3-7-11-21/h2-13,15-16,18,24H,1H3. The first-order chi connectivity index (χ1) is 13.3. The zero-order valence-corrected chi connectivity index (χ0v) is 15.1. The van der Waals surface area contributed by atoms with Gasteiger partial charge in [-0.15, -0.1) is 0 Å². The molecular weight excluding hydrogens is 330 g/mol. The Morgan fingerprint density at radius 3 is 2.19 bits per heavy atom. The molecular formula is C24H19N3. The third-order valence-electron chi connectivity index (χ3n) is 4.33. The molecule has 0 aliphatic carbocycles. The van der Waals surface area contributed by atoms with Gasteiger partial charge in [0.2, 0.25) is 0 Å². The average Bonchev–Trinajstić information content (AvgIpc) is 3.21. The first kappa shape index (κ1) is 16.8. The van der Waals surface area contributed by atoms with Crippen molar-refractivity contribution in [3.05, 3.63) is 108 Å². The van der Waals surface area contributed by atoms with E-state index in [-0.39, 0.29) is 6.04 Å². The predicted octanol–water partition coefficient (Wildman–Crippen LogP) is 4.89. The normalized spacial score (nSPS) is 11.4. The Morgan fingerprint density at radius 1 is 0.815 bits per heavy atom. The lowest BCUT2D eigenvalue weighted by Gasteiger charge is -2.11. The molecule has 130 valence electrons. The Hall–Kier alpha value is -3.64. The summed E-state index contributed by atoms with van der Waals surface area (Å²) in [6.45, 7) is 2.08. The summed E-state index contributed by atoms with van der Waals surface area (Å²) >= 11 is 0. The number of benzene rings is 3. The third kappa shape index (κ3) is 3.96. The van der Waals surface area contributed by atoms with E-state index in [0.29, 0.717) is 0 Å². The van der Waals surface area contributed by atoms with E-state index in [9.17, 15) is 0 Å². The Bertz CT molecular complexity index is 1070. The van der Waals surface area contributed by atoms with Gasteiger partial charge < -0.3 is 0 Å². The van der Waals surface area contributed by atoms with E-state index in [4.69, 9.17) is 5.10 Å². The molecule has 0 bridgehead atoms. The van der Waals surface area contributed by atoms with E-state index < -0.39 is 0 Å². The lowest BCUT2D eigenvalue weighted by molar-refractivity contribution is 0.544. The van der Waals surface area contributed by atoms with Crippen molar-refractivity contribution in [1.29, 1.82) is 0 Å². The lowest BCUT2D eigenvalue weighted by Crippen LogP contribution is -2.12. The molecule has 0 radical (unpaired) electrons. The van der Waals surface area contributed by atoms with Gasteiger partial charge in [-0.1, -0.05) is 90.2 Å². The molecule has 4 aromatic rings. The van der Waals surface area contributed by atoms with E-state index in [1.807, 2.05) is 60.7 Å². The van der Waals surface area contributed by atoms with Crippen molar-refractivity contribution in [2.45, 2.75) is 13.0 Å². The zero-order chi connectivity index (χ0) is 18.5. The molecule has 0 N–H and O–H groups in total. The van der Waals surface area contributed by atoms with Gasteiger partial charge in [0.1, 0.15) is 5.69 Å². The van der Waals surface area contributed by atoms with Crippen LogP contribution in [0, 0.1) is 18.8 Å². The van der Waals surface area contributed by atoms with Crippen LogP contribution >= 0.6 is 0 Å². The molecule has 3 aromatic carbocycles. The highest BCUT2D eigenvalue weighted by Crippen LogP contribution is 2.20. The second kappa shape index (κ2) is 7.72. The second-order valence-corrected chi connectivity index (χ2v) is 6.36. The van der Waals surface area contributed by atoms with Crippen LogP contribution in [0.5, 0.6) is 0 Å². The van der Waals surface area contributed by atoms with Crippen molar-refractivity contribution in [1.82, 2.24) is 15.0 Å². The van der Waals surface area contributed by atoms with Crippen LogP contribution < -0.4 is 0 Å². The topological polar surface area (TPSA) is 30.7 Å². The molecule has 0 saturated carbocycles. The summed E-state index contributed by atoms with van der Waals surface area (Å²) in [7, 11) is 0. The molecule has 27 heavy (non-hydrogen) atoms. The van der Waals surface area contributed by atoms with Crippen LogP contribution in [-0.4, -0.2) is 15.0 Å². The summed E-state index contributed by atoms with van der Waals surface area (Å²) in [6, 6.07) is 28.2. The molecule has 0 spiro atoms. The molecule has 0 aliphatic rings. The number of hydrogen-bond donors (Lipinski definition) is 0. The number of nitrogens with zero attached hydrogens (tertiary/aromatic N) is 3. The highest BCUT2D eigenvalue weighted by Gasteiger charge is 2.14. The summed E-state index contributed by atoms with van der Waals surface area (Å²) in [5.74, 6) is 6.60. The molecule has 4 rings (SSSR count). The highest BCUT2D eigenvalue weighted by molar-refractivity contribution is 5.57. The predicted molar refractivity (Wildman–Crippen MR) is 108 cm³/mol. The van der Waals surface area contributed by atoms with Gasteiger partial charge in [-0.25, -0.2) is 0 Å². The molecule has 1 heterocycles. The minimum absolute atomic E-state index is 0.247. The number of aromatic nitrogens is 3. The lowest BCUT2D eigenvalue weighted by atomic mass is 10.1. The Kier molecular flexibility index (Phi) is 4.80. The van der Waals surface area contributed by atoms with Crippen LogP contribution in [0.4, 0.5) is 0 Å². The van der Waals surface area contributed by atoms with E-state index in [1.54, 1.807) is 11.0 Å². The van der Waals surface area contributed by atoms with Gasteiger partial charge in [0.05, 0.1) is 6.20 Å². The van der Waals surface area contributed by atoms with E-state index in [1.165, 1.54) is 5.56 Å². The number of hydrogen-bond acceptors (Lipinski definition) is 2. The minimum atomic E-state index is -0.247. The first-order valence-corrected chi connectivity index (χ1v) is 8.90. The summed E-state index contributed by atoms with van der Waals surface area (Å²) in [4.78, 5) is 1.70. The summed E-state index contributed by atoms with van der Waals surface area (Å²) < 4.78 is 0. The maximum Gasteiger partial charge on any atom is 0.157 e. The maximum absolute atomic E-state index is 4.69. The van der Waals surface area contributed by atoms with Gasteiger partial charge in [0.25, 0.3) is 0 Å². The molecule has 3 heteroatoms. The molecule has 0 aliphatic heterocycles. The van der Waals surface area contributed by atoms with Crippen molar-refractivity contribution >= 4 is 0 Å². The second-order valence-electron chi connectivity index (χ2n) is 6.36. The monoisotopic (exact) mass is 349 g/mol. The fraction of sp³-hybridized carbons (Fsp3) is 0.0833. The fourth-order valence-electron chi connectivity index (χ4n) is 2.84. The van der Waals surface area contributed by atoms with E-state index in [2.05, 4.69) is 48.1 Å². The van der Waals surface area contributed by atoms with Gasteiger partial charge in [-0.05, 0) is 24.6 Å². The highest BCUT2D eigenvalue weighted by atomic mass is 15.5. The Morgan fingerprint density at radius 2 is 1.48 bits per heavy atom. The van der Waals surface area contributed by atoms with Crippen molar-refractivity contribution in [2.24, 2.45) is 0 Å². The molecule has 1 atom stereocenters. The van der Waals surface area contributed by atoms with Gasteiger partial charge in [-0.3, -0.25) is 0 Å². The Labute approximate surface area is 159 Å². The van der Waals surface area contributed by atoms with E-state index in [0.717, 1.165) is 22.4 Å². The maximum atomic E-state index is 4.69. The van der Waals surface area contributed by atoms with E-state index >= 15 is 0 Å². The molecule has 0 amide bonds. The molecule has 3 nitrogen and oxygen atoms in total. The number of aryl methyl sites for hydroxylation is 1. The van der Waals surface area contributed by atoms with Crippen LogP contribution in [0.25, 0.3) is 11.3 Å². The fourth-order valence-corrected chi connectivity index (χ4v) is 2.84. The van der Waals surface area contributed by atoms with Crippen LogP contribution in [0.15, 0.2) is 91.1 Å². The minimum Gasteiger partial charge on any atom is -0.164 e. The quantitative estimate of drug-likeness (QED) is 0.493. The van der Waals surface area contributed by atoms with Crippen LogP contribution in [0.2, 0.25) is 0 Å².